The van der Waals surface area contributed by atoms with Crippen LogP contribution in [0.4, 0.5) is 4.79 Å². The Morgan fingerprint density at radius 3 is 2.37 bits per heavy atom. The number of hydrogen-bond donors (Lipinski definition) is 1. The van der Waals surface area contributed by atoms with E-state index in [1.54, 1.807) is 0 Å². The average Bonchev–Trinajstić information content (AvgIpc) is 3.62. The van der Waals surface area contributed by atoms with Crippen molar-refractivity contribution in [2.75, 3.05) is 52.5 Å². The second-order valence-corrected chi connectivity index (χ2v) is 11.0. The van der Waals surface area contributed by atoms with Gasteiger partial charge in [-0.3, -0.25) is 4.79 Å². The van der Waals surface area contributed by atoms with Gasteiger partial charge in [0.1, 0.15) is 0 Å². The van der Waals surface area contributed by atoms with Crippen LogP contribution in [0.3, 0.4) is 0 Å². The van der Waals surface area contributed by atoms with Gasteiger partial charge in [0.2, 0.25) is 5.91 Å². The fraction of sp³-hybridized carbons (Fsp3) is 0.714. The molecule has 192 valence electrons. The van der Waals surface area contributed by atoms with Gasteiger partial charge in [-0.25, -0.2) is 4.79 Å². The molecule has 3 heterocycles. The van der Waals surface area contributed by atoms with E-state index in [4.69, 9.17) is 9.47 Å². The van der Waals surface area contributed by atoms with Crippen molar-refractivity contribution in [2.24, 2.45) is 11.3 Å². The van der Waals surface area contributed by atoms with Crippen molar-refractivity contribution >= 4 is 12.0 Å². The molecule has 4 fully saturated rings. The molecule has 1 aliphatic carbocycles. The van der Waals surface area contributed by atoms with Gasteiger partial charge in [0.05, 0.1) is 6.61 Å². The normalized spacial score (nSPS) is 26.3. The Balaban J connectivity index is 1.09. The van der Waals surface area contributed by atoms with Crippen LogP contribution in [0.5, 0.6) is 0 Å². The van der Waals surface area contributed by atoms with Gasteiger partial charge in [-0.2, -0.15) is 0 Å². The zero-order chi connectivity index (χ0) is 24.3. The number of likely N-dealkylation sites (tertiary alicyclic amines) is 2. The molecule has 1 aromatic rings. The summed E-state index contributed by atoms with van der Waals surface area (Å²) in [5.41, 5.74) is 1.51. The van der Waals surface area contributed by atoms with Crippen molar-refractivity contribution in [2.45, 2.75) is 63.3 Å². The van der Waals surface area contributed by atoms with E-state index >= 15 is 0 Å². The van der Waals surface area contributed by atoms with Gasteiger partial charge in [0.25, 0.3) is 0 Å². The lowest BCUT2D eigenvalue weighted by molar-refractivity contribution is -0.124. The summed E-state index contributed by atoms with van der Waals surface area (Å²) < 4.78 is 10.8. The highest BCUT2D eigenvalue weighted by atomic mass is 16.6. The zero-order valence-electron chi connectivity index (χ0n) is 21.2. The van der Waals surface area contributed by atoms with Gasteiger partial charge in [0, 0.05) is 50.2 Å². The number of rotatable bonds is 6. The van der Waals surface area contributed by atoms with Crippen molar-refractivity contribution < 1.29 is 19.1 Å². The van der Waals surface area contributed by atoms with E-state index in [2.05, 4.69) is 40.5 Å². The predicted molar refractivity (Wildman–Crippen MR) is 134 cm³/mol. The van der Waals surface area contributed by atoms with E-state index < -0.39 is 0 Å². The molecule has 1 atom stereocenters. The molecule has 1 N–H and O–H groups in total. The first-order valence-electron chi connectivity index (χ1n) is 13.6. The maximum atomic E-state index is 13.2. The Kier molecular flexibility index (Phi) is 7.35. The van der Waals surface area contributed by atoms with Crippen LogP contribution >= 0.6 is 0 Å². The quantitative estimate of drug-likeness (QED) is 0.670. The Morgan fingerprint density at radius 2 is 1.71 bits per heavy atom. The summed E-state index contributed by atoms with van der Waals surface area (Å²) in [6.45, 7) is 8.21. The molecule has 2 amide bonds. The fourth-order valence-electron chi connectivity index (χ4n) is 6.73. The molecular weight excluding hydrogens is 442 g/mol. The number of ether oxygens (including phenoxy) is 2. The highest BCUT2D eigenvalue weighted by Crippen LogP contribution is 2.59. The predicted octanol–water partition coefficient (Wildman–Crippen LogP) is 3.57. The maximum Gasteiger partial charge on any atom is 0.409 e. The minimum absolute atomic E-state index is 0.0149. The Hall–Kier alpha value is -2.12. The number of hydrogen-bond acceptors (Lipinski definition) is 5. The summed E-state index contributed by atoms with van der Waals surface area (Å²) in [6, 6.07) is 11.2. The zero-order valence-corrected chi connectivity index (χ0v) is 21.2. The lowest BCUT2D eigenvalue weighted by Gasteiger charge is -2.42. The molecule has 0 bridgehead atoms. The molecular formula is C28H41N3O4. The van der Waals surface area contributed by atoms with E-state index in [1.165, 1.54) is 5.56 Å². The number of piperidine rings is 2. The van der Waals surface area contributed by atoms with E-state index in [9.17, 15) is 9.59 Å². The molecule has 3 aliphatic heterocycles. The molecule has 1 aromatic carbocycles. The summed E-state index contributed by atoms with van der Waals surface area (Å²) in [5.74, 6) is 0.422. The van der Waals surface area contributed by atoms with Gasteiger partial charge in [0.15, 0.2) is 0 Å². The number of carbonyl (C=O) groups is 2. The second kappa shape index (κ2) is 10.5. The van der Waals surface area contributed by atoms with Crippen molar-refractivity contribution in [1.82, 2.24) is 15.1 Å². The number of amides is 2. The Bertz CT molecular complexity index is 869. The van der Waals surface area contributed by atoms with Crippen molar-refractivity contribution in [3.05, 3.63) is 35.9 Å². The van der Waals surface area contributed by atoms with Gasteiger partial charge in [-0.15, -0.1) is 0 Å². The van der Waals surface area contributed by atoms with E-state index in [-0.39, 0.29) is 28.7 Å². The lowest BCUT2D eigenvalue weighted by Crippen LogP contribution is -2.50. The lowest BCUT2D eigenvalue weighted by atomic mass is 9.74. The smallest absolute Gasteiger partial charge is 0.409 e. The van der Waals surface area contributed by atoms with Crippen LogP contribution < -0.4 is 5.32 Å². The second-order valence-electron chi connectivity index (χ2n) is 11.0. The van der Waals surface area contributed by atoms with Gasteiger partial charge < -0.3 is 24.6 Å². The average molecular weight is 484 g/mol. The van der Waals surface area contributed by atoms with Crippen LogP contribution in [0.15, 0.2) is 30.3 Å². The molecule has 7 nitrogen and oxygen atoms in total. The molecule has 7 heteroatoms. The molecule has 0 radical (unpaired) electrons. The first kappa shape index (κ1) is 24.6. The van der Waals surface area contributed by atoms with Gasteiger partial charge >= 0.3 is 6.09 Å². The van der Waals surface area contributed by atoms with Gasteiger partial charge in [-0.1, -0.05) is 30.3 Å². The molecule has 1 saturated carbocycles. The van der Waals surface area contributed by atoms with Crippen LogP contribution in [0.1, 0.15) is 57.4 Å². The van der Waals surface area contributed by atoms with E-state index in [0.717, 1.165) is 84.3 Å². The van der Waals surface area contributed by atoms with Gasteiger partial charge in [-0.05, 0) is 75.9 Å². The summed E-state index contributed by atoms with van der Waals surface area (Å²) in [4.78, 5) is 29.6. The summed E-state index contributed by atoms with van der Waals surface area (Å²) >= 11 is 0. The third-order valence-electron chi connectivity index (χ3n) is 9.24. The van der Waals surface area contributed by atoms with Crippen LogP contribution in [0.25, 0.3) is 0 Å². The van der Waals surface area contributed by atoms with Crippen LogP contribution in [0, 0.1) is 11.3 Å². The molecule has 5 rings (SSSR count). The molecule has 3 saturated heterocycles. The van der Waals surface area contributed by atoms with Crippen molar-refractivity contribution in [3.63, 3.8) is 0 Å². The highest BCUT2D eigenvalue weighted by Gasteiger charge is 2.58. The van der Waals surface area contributed by atoms with Crippen molar-refractivity contribution in [3.8, 4) is 0 Å². The largest absolute Gasteiger partial charge is 0.450 e. The third-order valence-corrected chi connectivity index (χ3v) is 9.24. The minimum atomic E-state index is -0.176. The van der Waals surface area contributed by atoms with Crippen LogP contribution in [-0.4, -0.2) is 80.4 Å². The molecule has 0 aromatic heterocycles. The standard InChI is InChI=1S/C28H41N3O4/c1-2-35-26(33)31-14-8-23(9-15-31)30-16-10-27(11-17-30)20-24(27)25(32)29-21-28(12-18-34-19-13-28)22-6-4-3-5-7-22/h3-7,23-24H,2,8-21H2,1H3,(H,29,32). The summed E-state index contributed by atoms with van der Waals surface area (Å²) in [6.07, 6.45) is 7.03. The van der Waals surface area contributed by atoms with E-state index in [1.807, 2.05) is 11.8 Å². The number of carbonyl (C=O) groups excluding carboxylic acids is 2. The fourth-order valence-corrected chi connectivity index (χ4v) is 6.73. The summed E-state index contributed by atoms with van der Waals surface area (Å²) in [7, 11) is 0. The number of benzene rings is 1. The Morgan fingerprint density at radius 1 is 1.03 bits per heavy atom. The monoisotopic (exact) mass is 483 g/mol. The first-order valence-corrected chi connectivity index (χ1v) is 13.6. The number of nitrogens with one attached hydrogen (secondary N) is 1. The summed E-state index contributed by atoms with van der Waals surface area (Å²) in [5, 5.41) is 3.37. The number of nitrogens with zero attached hydrogens (tertiary/aromatic N) is 2. The highest BCUT2D eigenvalue weighted by molar-refractivity contribution is 5.82. The molecule has 1 unspecified atom stereocenters. The van der Waals surface area contributed by atoms with Crippen LogP contribution in [-0.2, 0) is 19.7 Å². The minimum Gasteiger partial charge on any atom is -0.450 e. The maximum absolute atomic E-state index is 13.2. The Labute approximate surface area is 209 Å². The SMILES string of the molecule is CCOC(=O)N1CCC(N2CCC3(CC2)CC3C(=O)NCC2(c3ccccc3)CCOCC2)CC1. The molecule has 35 heavy (non-hydrogen) atoms. The first-order chi connectivity index (χ1) is 17.1. The van der Waals surface area contributed by atoms with E-state index in [0.29, 0.717) is 19.2 Å². The topological polar surface area (TPSA) is 71.1 Å². The third kappa shape index (κ3) is 5.21. The molecule has 4 aliphatic rings. The molecule has 1 spiro atoms. The van der Waals surface area contributed by atoms with Crippen LogP contribution in [0.2, 0.25) is 0 Å². The van der Waals surface area contributed by atoms with Crippen molar-refractivity contribution in [1.29, 1.82) is 0 Å².